The van der Waals surface area contributed by atoms with Crippen molar-refractivity contribution in [3.8, 4) is 0 Å². The van der Waals surface area contributed by atoms with Crippen LogP contribution < -0.4 is 5.32 Å². The third-order valence-electron chi connectivity index (χ3n) is 4.62. The fraction of sp³-hybridized carbons (Fsp3) is 0.938. The zero-order valence-corrected chi connectivity index (χ0v) is 14.0. The van der Waals surface area contributed by atoms with Gasteiger partial charge in [0.1, 0.15) is 5.54 Å². The third-order valence-corrected chi connectivity index (χ3v) is 4.62. The van der Waals surface area contributed by atoms with Gasteiger partial charge in [0.2, 0.25) is 0 Å². The van der Waals surface area contributed by atoms with Crippen LogP contribution in [-0.4, -0.2) is 60.9 Å². The van der Waals surface area contributed by atoms with Crippen LogP contribution in [0.25, 0.3) is 0 Å². The number of aliphatic carboxylic acids is 1. The molecule has 0 aromatic carbocycles. The van der Waals surface area contributed by atoms with Gasteiger partial charge in [-0.05, 0) is 65.1 Å². The Kier molecular flexibility index (Phi) is 7.63. The number of methoxy groups -OCH3 is 1. The molecule has 1 rings (SSSR count). The fourth-order valence-corrected chi connectivity index (χ4v) is 3.15. The number of nitrogens with one attached hydrogen (secondary N) is 1. The number of carboxylic acid groups (broad SMARTS) is 1. The summed E-state index contributed by atoms with van der Waals surface area (Å²) < 4.78 is 5.23. The number of carboxylic acids is 1. The lowest BCUT2D eigenvalue weighted by atomic mass is 9.90. The highest BCUT2D eigenvalue weighted by molar-refractivity contribution is 5.78. The summed E-state index contributed by atoms with van der Waals surface area (Å²) in [5.41, 5.74) is -0.835. The average molecular weight is 300 g/mol. The number of rotatable bonds is 9. The van der Waals surface area contributed by atoms with E-state index in [4.69, 9.17) is 4.74 Å². The van der Waals surface area contributed by atoms with E-state index in [-0.39, 0.29) is 6.04 Å². The molecule has 5 heteroatoms. The van der Waals surface area contributed by atoms with Crippen LogP contribution in [0.15, 0.2) is 0 Å². The molecule has 1 aliphatic rings. The lowest BCUT2D eigenvalue weighted by molar-refractivity contribution is -0.145. The van der Waals surface area contributed by atoms with E-state index < -0.39 is 11.5 Å². The first-order valence-corrected chi connectivity index (χ1v) is 8.14. The molecule has 0 radical (unpaired) electrons. The van der Waals surface area contributed by atoms with Gasteiger partial charge in [-0.3, -0.25) is 4.79 Å². The number of nitrogens with zero attached hydrogens (tertiary/aromatic N) is 1. The van der Waals surface area contributed by atoms with E-state index in [1.807, 2.05) is 0 Å². The van der Waals surface area contributed by atoms with Crippen molar-refractivity contribution >= 4 is 5.97 Å². The molecular weight excluding hydrogens is 268 g/mol. The predicted molar refractivity (Wildman–Crippen MR) is 84.6 cm³/mol. The Morgan fingerprint density at radius 2 is 2.10 bits per heavy atom. The number of hydrogen-bond acceptors (Lipinski definition) is 4. The molecule has 1 saturated heterocycles. The van der Waals surface area contributed by atoms with Crippen LogP contribution >= 0.6 is 0 Å². The molecule has 5 nitrogen and oxygen atoms in total. The van der Waals surface area contributed by atoms with Crippen molar-refractivity contribution in [3.63, 3.8) is 0 Å². The third kappa shape index (κ3) is 5.57. The maximum absolute atomic E-state index is 11.6. The standard InChI is InChI=1S/C16H32N2O3/c1-5-8-17-16(3,15(19)20)11-13(2)18-9-6-14(7-10-18)12-21-4/h13-14,17H,5-12H2,1-4H3,(H,19,20). The van der Waals surface area contributed by atoms with Gasteiger partial charge in [-0.15, -0.1) is 0 Å². The summed E-state index contributed by atoms with van der Waals surface area (Å²) >= 11 is 0. The summed E-state index contributed by atoms with van der Waals surface area (Å²) in [6.45, 7) is 9.67. The molecule has 0 aromatic rings. The number of hydrogen-bond donors (Lipinski definition) is 2. The minimum atomic E-state index is -0.835. The Balaban J connectivity index is 2.50. The topological polar surface area (TPSA) is 61.8 Å². The first-order chi connectivity index (χ1) is 9.92. The van der Waals surface area contributed by atoms with Gasteiger partial charge in [-0.25, -0.2) is 0 Å². The molecule has 2 N–H and O–H groups in total. The molecule has 1 fully saturated rings. The van der Waals surface area contributed by atoms with Gasteiger partial charge >= 0.3 is 5.97 Å². The van der Waals surface area contributed by atoms with E-state index in [0.29, 0.717) is 12.3 Å². The summed E-state index contributed by atoms with van der Waals surface area (Å²) in [7, 11) is 1.76. The van der Waals surface area contributed by atoms with Crippen molar-refractivity contribution < 1.29 is 14.6 Å². The molecule has 0 aromatic heterocycles. The first kappa shape index (κ1) is 18.4. The van der Waals surface area contributed by atoms with Gasteiger partial charge in [0.05, 0.1) is 0 Å². The smallest absolute Gasteiger partial charge is 0.323 e. The van der Waals surface area contributed by atoms with Crippen LogP contribution in [0.4, 0.5) is 0 Å². The van der Waals surface area contributed by atoms with Gasteiger partial charge in [0.25, 0.3) is 0 Å². The first-order valence-electron chi connectivity index (χ1n) is 8.14. The maximum Gasteiger partial charge on any atom is 0.323 e. The van der Waals surface area contributed by atoms with Gasteiger partial charge in [0, 0.05) is 19.8 Å². The molecular formula is C16H32N2O3. The molecule has 1 aliphatic heterocycles. The summed E-state index contributed by atoms with van der Waals surface area (Å²) in [5, 5.41) is 12.7. The van der Waals surface area contributed by atoms with Gasteiger partial charge in [-0.1, -0.05) is 6.92 Å². The van der Waals surface area contributed by atoms with Crippen LogP contribution in [0.2, 0.25) is 0 Å². The molecule has 0 bridgehead atoms. The molecule has 0 aliphatic carbocycles. The summed E-state index contributed by atoms with van der Waals surface area (Å²) in [6.07, 6.45) is 3.87. The second kappa shape index (κ2) is 8.71. The monoisotopic (exact) mass is 300 g/mol. The molecule has 0 saturated carbocycles. The average Bonchev–Trinajstić information content (AvgIpc) is 2.46. The van der Waals surface area contributed by atoms with Crippen LogP contribution in [0.1, 0.15) is 46.5 Å². The lowest BCUT2D eigenvalue weighted by Gasteiger charge is -2.39. The highest BCUT2D eigenvalue weighted by Crippen LogP contribution is 2.23. The number of piperidine rings is 1. The van der Waals surface area contributed by atoms with E-state index in [1.54, 1.807) is 14.0 Å². The zero-order valence-electron chi connectivity index (χ0n) is 14.0. The van der Waals surface area contributed by atoms with Crippen LogP contribution in [0.3, 0.4) is 0 Å². The van der Waals surface area contributed by atoms with Crippen molar-refractivity contribution in [2.45, 2.75) is 58.0 Å². The van der Waals surface area contributed by atoms with Gasteiger partial charge in [0.15, 0.2) is 0 Å². The highest BCUT2D eigenvalue weighted by atomic mass is 16.5. The number of likely N-dealkylation sites (tertiary alicyclic amines) is 1. The van der Waals surface area contributed by atoms with Crippen molar-refractivity contribution in [2.24, 2.45) is 5.92 Å². The maximum atomic E-state index is 11.6. The van der Waals surface area contributed by atoms with Crippen LogP contribution in [0.5, 0.6) is 0 Å². The zero-order chi connectivity index (χ0) is 15.9. The molecule has 21 heavy (non-hydrogen) atoms. The second-order valence-electron chi connectivity index (χ2n) is 6.55. The molecule has 2 atom stereocenters. The Morgan fingerprint density at radius 1 is 1.48 bits per heavy atom. The molecule has 2 unspecified atom stereocenters. The van der Waals surface area contributed by atoms with E-state index in [0.717, 1.165) is 45.5 Å². The Bertz CT molecular complexity index is 317. The van der Waals surface area contributed by atoms with Crippen molar-refractivity contribution in [2.75, 3.05) is 33.4 Å². The highest BCUT2D eigenvalue weighted by Gasteiger charge is 2.36. The summed E-state index contributed by atoms with van der Waals surface area (Å²) in [5.74, 6) is -0.0976. The van der Waals surface area contributed by atoms with E-state index in [1.165, 1.54) is 0 Å². The number of ether oxygens (including phenoxy) is 1. The summed E-state index contributed by atoms with van der Waals surface area (Å²) in [6, 6.07) is 0.277. The minimum absolute atomic E-state index is 0.277. The Labute approximate surface area is 129 Å². The normalized spacial score (nSPS) is 21.9. The van der Waals surface area contributed by atoms with Gasteiger partial charge < -0.3 is 20.1 Å². The van der Waals surface area contributed by atoms with E-state index in [9.17, 15) is 9.90 Å². The van der Waals surface area contributed by atoms with E-state index >= 15 is 0 Å². The molecule has 124 valence electrons. The van der Waals surface area contributed by atoms with Crippen LogP contribution in [0, 0.1) is 5.92 Å². The lowest BCUT2D eigenvalue weighted by Crippen LogP contribution is -2.54. The molecule has 0 amide bonds. The Morgan fingerprint density at radius 3 is 2.57 bits per heavy atom. The number of carbonyl (C=O) groups is 1. The van der Waals surface area contributed by atoms with Crippen molar-refractivity contribution in [1.82, 2.24) is 10.2 Å². The van der Waals surface area contributed by atoms with Crippen molar-refractivity contribution in [3.05, 3.63) is 0 Å². The van der Waals surface area contributed by atoms with Crippen LogP contribution in [-0.2, 0) is 9.53 Å². The summed E-state index contributed by atoms with van der Waals surface area (Å²) in [4.78, 5) is 14.0. The Hall–Kier alpha value is -0.650. The minimum Gasteiger partial charge on any atom is -0.480 e. The largest absolute Gasteiger partial charge is 0.480 e. The quantitative estimate of drug-likeness (QED) is 0.681. The molecule has 0 spiro atoms. The van der Waals surface area contributed by atoms with Crippen molar-refractivity contribution in [1.29, 1.82) is 0 Å². The SMILES string of the molecule is CCCNC(C)(CC(C)N1CCC(COC)CC1)C(=O)O. The van der Waals surface area contributed by atoms with Gasteiger partial charge in [-0.2, -0.15) is 0 Å². The predicted octanol–water partition coefficient (Wildman–Crippen LogP) is 1.97. The van der Waals surface area contributed by atoms with E-state index in [2.05, 4.69) is 24.1 Å². The molecule has 1 heterocycles. The second-order valence-corrected chi connectivity index (χ2v) is 6.55. The fourth-order valence-electron chi connectivity index (χ4n) is 3.15.